The average Bonchev–Trinajstić information content (AvgIpc) is 3.01. The van der Waals surface area contributed by atoms with E-state index in [-0.39, 0.29) is 12.5 Å². The number of nitrogens with zero attached hydrogens (tertiary/aromatic N) is 2. The number of pyridine rings is 1. The molecule has 0 bridgehead atoms. The second-order valence-corrected chi connectivity index (χ2v) is 8.83. The molecule has 0 saturated heterocycles. The van der Waals surface area contributed by atoms with Gasteiger partial charge in [-0.3, -0.25) is 9.78 Å². The Bertz CT molecular complexity index is 1150. The highest BCUT2D eigenvalue weighted by molar-refractivity contribution is 7.88. The van der Waals surface area contributed by atoms with Gasteiger partial charge in [-0.2, -0.15) is 4.31 Å². The van der Waals surface area contributed by atoms with E-state index in [1.54, 1.807) is 12.4 Å². The smallest absolute Gasteiger partial charge is 0.257 e. The number of carbonyl (C=O) groups is 1. The Morgan fingerprint density at radius 3 is 2.89 bits per heavy atom. The summed E-state index contributed by atoms with van der Waals surface area (Å²) >= 11 is 0. The number of sulfonamides is 1. The molecule has 7 nitrogen and oxygen atoms in total. The minimum atomic E-state index is -3.27. The van der Waals surface area contributed by atoms with Gasteiger partial charge in [0, 0.05) is 36.6 Å². The molecule has 1 amide bonds. The van der Waals surface area contributed by atoms with Gasteiger partial charge >= 0.3 is 0 Å². The topological polar surface area (TPSA) is 95.2 Å². The highest BCUT2D eigenvalue weighted by Gasteiger charge is 2.26. The predicted octanol–water partition coefficient (Wildman–Crippen LogP) is 2.44. The highest BCUT2D eigenvalue weighted by atomic mass is 32.2. The highest BCUT2D eigenvalue weighted by Crippen LogP contribution is 2.26. The van der Waals surface area contributed by atoms with Gasteiger partial charge in [0.15, 0.2) is 0 Å². The number of benzene rings is 1. The van der Waals surface area contributed by atoms with E-state index in [0.29, 0.717) is 24.2 Å². The molecule has 140 valence electrons. The quantitative estimate of drug-likeness (QED) is 0.725. The van der Waals surface area contributed by atoms with Gasteiger partial charge in [0.2, 0.25) is 10.0 Å². The van der Waals surface area contributed by atoms with Crippen LogP contribution in [0.25, 0.3) is 10.9 Å². The zero-order chi connectivity index (χ0) is 19.2. The second-order valence-electron chi connectivity index (χ2n) is 6.85. The number of aromatic amines is 1. The van der Waals surface area contributed by atoms with Gasteiger partial charge in [-0.05, 0) is 36.6 Å². The number of fused-ring (bicyclic) bond motifs is 2. The van der Waals surface area contributed by atoms with Crippen LogP contribution in [0.4, 0.5) is 5.69 Å². The summed E-state index contributed by atoms with van der Waals surface area (Å²) < 4.78 is 25.0. The third-order valence-electron chi connectivity index (χ3n) is 4.86. The summed E-state index contributed by atoms with van der Waals surface area (Å²) in [7, 11) is -3.27. The lowest BCUT2D eigenvalue weighted by Crippen LogP contribution is -2.36. The fourth-order valence-electron chi connectivity index (χ4n) is 3.54. The van der Waals surface area contributed by atoms with E-state index in [4.69, 9.17) is 0 Å². The van der Waals surface area contributed by atoms with Gasteiger partial charge in [-0.25, -0.2) is 8.42 Å². The lowest BCUT2D eigenvalue weighted by atomic mass is 9.98. The van der Waals surface area contributed by atoms with Crippen LogP contribution in [0.1, 0.15) is 27.2 Å². The van der Waals surface area contributed by atoms with Gasteiger partial charge in [0.1, 0.15) is 0 Å². The summed E-state index contributed by atoms with van der Waals surface area (Å²) in [5.41, 5.74) is 4.72. The van der Waals surface area contributed by atoms with Gasteiger partial charge < -0.3 is 10.3 Å². The largest absolute Gasteiger partial charge is 0.357 e. The fourth-order valence-corrected chi connectivity index (χ4v) is 4.33. The Balaban J connectivity index is 1.65. The van der Waals surface area contributed by atoms with E-state index < -0.39 is 10.0 Å². The summed E-state index contributed by atoms with van der Waals surface area (Å²) in [5, 5.41) is 3.99. The Kier molecular flexibility index (Phi) is 4.24. The molecule has 2 N–H and O–H groups in total. The predicted molar refractivity (Wildman–Crippen MR) is 104 cm³/mol. The molecule has 8 heteroatoms. The molecule has 0 atom stereocenters. The van der Waals surface area contributed by atoms with Crippen LogP contribution in [0.15, 0.2) is 36.7 Å². The number of aryl methyl sites for hydroxylation is 1. The number of nitrogens with one attached hydrogen (secondary N) is 2. The minimum Gasteiger partial charge on any atom is -0.357 e. The summed E-state index contributed by atoms with van der Waals surface area (Å²) in [6.45, 7) is 2.58. The Morgan fingerprint density at radius 2 is 2.11 bits per heavy atom. The molecule has 2 aromatic heterocycles. The maximum absolute atomic E-state index is 12.9. The lowest BCUT2D eigenvalue weighted by Gasteiger charge is -2.27. The Hall–Kier alpha value is -2.71. The standard InChI is InChI=1S/C19H20N4O3S/c1-12-8-13-4-3-5-17(18(13)21-12)22-19(24)16-10-20-9-14-11-23(27(2,25)26)7-6-15(14)16/h3-5,8-10,21H,6-7,11H2,1-2H3,(H,22,24). The van der Waals surface area contributed by atoms with E-state index in [9.17, 15) is 13.2 Å². The molecule has 0 saturated carbocycles. The Morgan fingerprint density at radius 1 is 1.30 bits per heavy atom. The van der Waals surface area contributed by atoms with Crippen molar-refractivity contribution in [3.05, 3.63) is 59.0 Å². The number of aromatic nitrogens is 2. The van der Waals surface area contributed by atoms with E-state index in [1.165, 1.54) is 10.6 Å². The summed E-state index contributed by atoms with van der Waals surface area (Å²) in [6, 6.07) is 7.76. The van der Waals surface area contributed by atoms with Crippen LogP contribution in [0, 0.1) is 6.92 Å². The summed E-state index contributed by atoms with van der Waals surface area (Å²) in [6.07, 6.45) is 4.86. The minimum absolute atomic E-state index is 0.244. The van der Waals surface area contributed by atoms with Crippen molar-refractivity contribution in [2.24, 2.45) is 0 Å². The number of hydrogen-bond donors (Lipinski definition) is 2. The molecule has 0 radical (unpaired) electrons. The van der Waals surface area contributed by atoms with Crippen molar-refractivity contribution in [3.8, 4) is 0 Å². The van der Waals surface area contributed by atoms with Gasteiger partial charge in [0.25, 0.3) is 5.91 Å². The van der Waals surface area contributed by atoms with Crippen molar-refractivity contribution in [3.63, 3.8) is 0 Å². The van der Waals surface area contributed by atoms with Crippen LogP contribution < -0.4 is 5.32 Å². The molecule has 1 aliphatic rings. The first-order chi connectivity index (χ1) is 12.8. The SMILES string of the molecule is Cc1cc2cccc(NC(=O)c3cncc4c3CCN(S(C)(=O)=O)C4)c2[nH]1. The zero-order valence-electron chi connectivity index (χ0n) is 15.1. The molecular weight excluding hydrogens is 364 g/mol. The van der Waals surface area contributed by atoms with Gasteiger partial charge in [-0.1, -0.05) is 12.1 Å². The number of H-pyrrole nitrogens is 1. The molecule has 4 rings (SSSR count). The first kappa shape index (κ1) is 17.7. The van der Waals surface area contributed by atoms with Crippen molar-refractivity contribution in [1.29, 1.82) is 0 Å². The van der Waals surface area contributed by atoms with Crippen molar-refractivity contribution in [2.45, 2.75) is 19.9 Å². The summed E-state index contributed by atoms with van der Waals surface area (Å²) in [4.78, 5) is 20.3. The van der Waals surface area contributed by atoms with Crippen molar-refractivity contribution in [2.75, 3.05) is 18.1 Å². The first-order valence-corrected chi connectivity index (χ1v) is 10.5. The third kappa shape index (κ3) is 3.33. The number of hydrogen-bond acceptors (Lipinski definition) is 4. The van der Waals surface area contributed by atoms with E-state index in [2.05, 4.69) is 15.3 Å². The number of para-hydroxylation sites is 1. The summed E-state index contributed by atoms with van der Waals surface area (Å²) in [5.74, 6) is -0.244. The third-order valence-corrected chi connectivity index (χ3v) is 6.11. The van der Waals surface area contributed by atoms with Crippen LogP contribution in [0.3, 0.4) is 0 Å². The van der Waals surface area contributed by atoms with Crippen LogP contribution in [-0.2, 0) is 23.0 Å². The van der Waals surface area contributed by atoms with Crippen LogP contribution in [-0.4, -0.2) is 41.4 Å². The molecule has 27 heavy (non-hydrogen) atoms. The van der Waals surface area contributed by atoms with E-state index >= 15 is 0 Å². The maximum Gasteiger partial charge on any atom is 0.257 e. The number of rotatable bonds is 3. The van der Waals surface area contributed by atoms with Crippen LogP contribution in [0.5, 0.6) is 0 Å². The maximum atomic E-state index is 12.9. The second kappa shape index (κ2) is 6.47. The van der Waals surface area contributed by atoms with Crippen LogP contribution in [0.2, 0.25) is 0 Å². The molecule has 3 aromatic rings. The van der Waals surface area contributed by atoms with E-state index in [0.717, 1.165) is 27.7 Å². The Labute approximate surface area is 157 Å². The molecule has 1 aliphatic heterocycles. The number of anilines is 1. The zero-order valence-corrected chi connectivity index (χ0v) is 15.9. The molecule has 0 spiro atoms. The molecule has 0 unspecified atom stereocenters. The lowest BCUT2D eigenvalue weighted by molar-refractivity contribution is 0.102. The van der Waals surface area contributed by atoms with Crippen molar-refractivity contribution >= 4 is 32.5 Å². The first-order valence-electron chi connectivity index (χ1n) is 8.63. The number of carbonyl (C=O) groups excluding carboxylic acids is 1. The van der Waals surface area contributed by atoms with E-state index in [1.807, 2.05) is 31.2 Å². The van der Waals surface area contributed by atoms with Gasteiger partial charge in [0.05, 0.1) is 23.0 Å². The fraction of sp³-hybridized carbons (Fsp3) is 0.263. The molecular formula is C19H20N4O3S. The van der Waals surface area contributed by atoms with Crippen LogP contribution >= 0.6 is 0 Å². The van der Waals surface area contributed by atoms with Crippen molar-refractivity contribution < 1.29 is 13.2 Å². The molecule has 0 aliphatic carbocycles. The molecule has 1 aromatic carbocycles. The average molecular weight is 384 g/mol. The monoisotopic (exact) mass is 384 g/mol. The van der Waals surface area contributed by atoms with Gasteiger partial charge in [-0.15, -0.1) is 0 Å². The molecule has 3 heterocycles. The normalized spacial score (nSPS) is 14.9. The van der Waals surface area contributed by atoms with Crippen molar-refractivity contribution in [1.82, 2.24) is 14.3 Å². The number of amides is 1. The molecule has 0 fully saturated rings.